The Balaban J connectivity index is 2.30. The zero-order valence-corrected chi connectivity index (χ0v) is 10.2. The highest BCUT2D eigenvalue weighted by Gasteiger charge is 2.21. The third-order valence-corrected chi connectivity index (χ3v) is 2.83. The lowest BCUT2D eigenvalue weighted by molar-refractivity contribution is 0.0963. The van der Waals surface area contributed by atoms with Crippen LogP contribution in [0.5, 0.6) is 0 Å². The second kappa shape index (κ2) is 4.53. The molecule has 17 heavy (non-hydrogen) atoms. The first-order valence-corrected chi connectivity index (χ1v) is 5.61. The van der Waals surface area contributed by atoms with Crippen molar-refractivity contribution >= 4 is 5.78 Å². The van der Waals surface area contributed by atoms with Crippen LogP contribution in [0.4, 0.5) is 0 Å². The molecule has 0 radical (unpaired) electrons. The van der Waals surface area contributed by atoms with Gasteiger partial charge in [0.1, 0.15) is 11.5 Å². The molecular formula is C14H15NO2. The van der Waals surface area contributed by atoms with Crippen molar-refractivity contribution < 1.29 is 9.21 Å². The predicted molar refractivity (Wildman–Crippen MR) is 65.2 cm³/mol. The molecule has 2 heterocycles. The third kappa shape index (κ3) is 2.28. The Morgan fingerprint density at radius 2 is 2.12 bits per heavy atom. The molecule has 2 aromatic heterocycles. The summed E-state index contributed by atoms with van der Waals surface area (Å²) < 4.78 is 5.38. The number of hydrogen-bond donors (Lipinski definition) is 0. The highest BCUT2D eigenvalue weighted by atomic mass is 16.3. The minimum Gasteiger partial charge on any atom is -0.466 e. The molecule has 1 unspecified atom stereocenters. The molecule has 0 aliphatic rings. The molecule has 3 nitrogen and oxygen atoms in total. The first-order valence-electron chi connectivity index (χ1n) is 5.61. The highest BCUT2D eigenvalue weighted by molar-refractivity contribution is 6.01. The maximum absolute atomic E-state index is 12.3. The molecule has 0 saturated heterocycles. The Morgan fingerprint density at radius 3 is 2.65 bits per heavy atom. The summed E-state index contributed by atoms with van der Waals surface area (Å²) in [7, 11) is 0. The largest absolute Gasteiger partial charge is 0.466 e. The lowest BCUT2D eigenvalue weighted by Gasteiger charge is -2.08. The minimum absolute atomic E-state index is 0.0538. The lowest BCUT2D eigenvalue weighted by atomic mass is 9.96. The van der Waals surface area contributed by atoms with E-state index in [1.165, 1.54) is 0 Å². The van der Waals surface area contributed by atoms with Crippen molar-refractivity contribution in [3.63, 3.8) is 0 Å². The Hall–Kier alpha value is -1.90. The summed E-state index contributed by atoms with van der Waals surface area (Å²) in [6.45, 7) is 5.52. The molecule has 3 heteroatoms. The number of rotatable bonds is 3. The first kappa shape index (κ1) is 11.6. The summed E-state index contributed by atoms with van der Waals surface area (Å²) in [5.41, 5.74) is 1.44. The molecule has 0 aromatic carbocycles. The van der Waals surface area contributed by atoms with Crippen LogP contribution in [0.3, 0.4) is 0 Å². The normalized spacial score (nSPS) is 12.4. The van der Waals surface area contributed by atoms with Crippen LogP contribution in [0.1, 0.15) is 40.4 Å². The summed E-state index contributed by atoms with van der Waals surface area (Å²) in [4.78, 5) is 16.5. The van der Waals surface area contributed by atoms with Gasteiger partial charge < -0.3 is 4.42 Å². The van der Waals surface area contributed by atoms with Gasteiger partial charge in [0.2, 0.25) is 0 Å². The van der Waals surface area contributed by atoms with E-state index in [0.29, 0.717) is 11.3 Å². The van der Waals surface area contributed by atoms with Crippen LogP contribution in [0, 0.1) is 13.8 Å². The van der Waals surface area contributed by atoms with E-state index in [2.05, 4.69) is 4.98 Å². The molecule has 0 amide bonds. The number of Topliss-reactive ketones (excluding diaryl/α,β-unsaturated/α-hetero) is 1. The summed E-state index contributed by atoms with van der Waals surface area (Å²) in [5, 5.41) is 0. The van der Waals surface area contributed by atoms with Gasteiger partial charge in [-0.2, -0.15) is 0 Å². The second-order valence-corrected chi connectivity index (χ2v) is 4.17. The summed E-state index contributed by atoms with van der Waals surface area (Å²) in [6, 6.07) is 7.38. The van der Waals surface area contributed by atoms with E-state index >= 15 is 0 Å². The number of furan rings is 1. The summed E-state index contributed by atoms with van der Waals surface area (Å²) in [5.74, 6) is 1.25. The van der Waals surface area contributed by atoms with Gasteiger partial charge >= 0.3 is 0 Å². The summed E-state index contributed by atoms with van der Waals surface area (Å²) in [6.07, 6.45) is 1.70. The monoisotopic (exact) mass is 229 g/mol. The first-order chi connectivity index (χ1) is 8.09. The molecule has 0 N–H and O–H groups in total. The number of pyridine rings is 1. The molecule has 0 fully saturated rings. The van der Waals surface area contributed by atoms with Crippen molar-refractivity contribution in [2.75, 3.05) is 0 Å². The number of carbonyl (C=O) groups excluding carboxylic acids is 1. The van der Waals surface area contributed by atoms with Crippen LogP contribution in [-0.2, 0) is 0 Å². The fourth-order valence-electron chi connectivity index (χ4n) is 1.88. The van der Waals surface area contributed by atoms with Gasteiger partial charge in [-0.1, -0.05) is 6.07 Å². The fourth-order valence-corrected chi connectivity index (χ4v) is 1.88. The van der Waals surface area contributed by atoms with E-state index < -0.39 is 0 Å². The van der Waals surface area contributed by atoms with Gasteiger partial charge in [-0.25, -0.2) is 0 Å². The topological polar surface area (TPSA) is 43.1 Å². The number of ketones is 1. The number of aryl methyl sites for hydroxylation is 2. The molecule has 2 aromatic rings. The standard InChI is InChI=1S/C14H15NO2/c1-9-8-12(11(3)17-9)14(16)10(2)13-6-4-5-7-15-13/h4-8,10H,1-3H3. The Morgan fingerprint density at radius 1 is 1.35 bits per heavy atom. The Labute approximate surface area is 100 Å². The minimum atomic E-state index is -0.244. The fraction of sp³-hybridized carbons (Fsp3) is 0.286. The van der Waals surface area contributed by atoms with Gasteiger partial charge in [-0.3, -0.25) is 9.78 Å². The second-order valence-electron chi connectivity index (χ2n) is 4.17. The van der Waals surface area contributed by atoms with Gasteiger partial charge in [0.15, 0.2) is 5.78 Å². The van der Waals surface area contributed by atoms with Crippen molar-refractivity contribution in [2.24, 2.45) is 0 Å². The van der Waals surface area contributed by atoms with Gasteiger partial charge in [-0.05, 0) is 39.0 Å². The predicted octanol–water partition coefficient (Wildman–Crippen LogP) is 3.28. The number of aromatic nitrogens is 1. The maximum atomic E-state index is 12.3. The van der Waals surface area contributed by atoms with E-state index in [1.807, 2.05) is 39.0 Å². The Bertz CT molecular complexity index is 528. The van der Waals surface area contributed by atoms with Crippen LogP contribution in [0.15, 0.2) is 34.9 Å². The van der Waals surface area contributed by atoms with Crippen molar-refractivity contribution in [2.45, 2.75) is 26.7 Å². The van der Waals surface area contributed by atoms with Gasteiger partial charge in [-0.15, -0.1) is 0 Å². The molecule has 88 valence electrons. The van der Waals surface area contributed by atoms with Crippen LogP contribution < -0.4 is 0 Å². The SMILES string of the molecule is Cc1cc(C(=O)C(C)c2ccccn2)c(C)o1. The van der Waals surface area contributed by atoms with Gasteiger partial charge in [0, 0.05) is 6.20 Å². The molecule has 0 spiro atoms. The summed E-state index contributed by atoms with van der Waals surface area (Å²) >= 11 is 0. The molecule has 0 aliphatic heterocycles. The lowest BCUT2D eigenvalue weighted by Crippen LogP contribution is -2.11. The number of carbonyl (C=O) groups is 1. The quantitative estimate of drug-likeness (QED) is 0.758. The van der Waals surface area contributed by atoms with Crippen LogP contribution in [0.2, 0.25) is 0 Å². The number of nitrogens with zero attached hydrogens (tertiary/aromatic N) is 1. The Kier molecular flexibility index (Phi) is 3.09. The van der Waals surface area contributed by atoms with Crippen molar-refractivity contribution in [1.82, 2.24) is 4.98 Å². The maximum Gasteiger partial charge on any atom is 0.175 e. The zero-order chi connectivity index (χ0) is 12.4. The molecule has 0 bridgehead atoms. The highest BCUT2D eigenvalue weighted by Crippen LogP contribution is 2.22. The molecule has 0 saturated carbocycles. The van der Waals surface area contributed by atoms with E-state index in [4.69, 9.17) is 4.42 Å². The number of hydrogen-bond acceptors (Lipinski definition) is 3. The molecule has 1 atom stereocenters. The van der Waals surface area contributed by atoms with Crippen molar-refractivity contribution in [3.8, 4) is 0 Å². The average Bonchev–Trinajstić information content (AvgIpc) is 2.68. The van der Waals surface area contributed by atoms with E-state index in [0.717, 1.165) is 11.5 Å². The van der Waals surface area contributed by atoms with Gasteiger partial charge in [0.05, 0.1) is 17.2 Å². The van der Waals surface area contributed by atoms with E-state index in [1.54, 1.807) is 12.3 Å². The molecule has 2 rings (SSSR count). The smallest absolute Gasteiger partial charge is 0.175 e. The van der Waals surface area contributed by atoms with Gasteiger partial charge in [0.25, 0.3) is 0 Å². The van der Waals surface area contributed by atoms with E-state index in [9.17, 15) is 4.79 Å². The van der Waals surface area contributed by atoms with Crippen LogP contribution in [0.25, 0.3) is 0 Å². The third-order valence-electron chi connectivity index (χ3n) is 2.83. The zero-order valence-electron chi connectivity index (χ0n) is 10.2. The molecular weight excluding hydrogens is 214 g/mol. The van der Waals surface area contributed by atoms with Crippen molar-refractivity contribution in [1.29, 1.82) is 0 Å². The van der Waals surface area contributed by atoms with Crippen molar-refractivity contribution in [3.05, 3.63) is 53.2 Å². The average molecular weight is 229 g/mol. The van der Waals surface area contributed by atoms with E-state index in [-0.39, 0.29) is 11.7 Å². The molecule has 0 aliphatic carbocycles. The van der Waals surface area contributed by atoms with Crippen LogP contribution in [-0.4, -0.2) is 10.8 Å². The van der Waals surface area contributed by atoms with Crippen LogP contribution >= 0.6 is 0 Å².